The average molecular weight is 382 g/mol. The predicted octanol–water partition coefficient (Wildman–Crippen LogP) is 3.03. The number of amides is 1. The molecule has 0 spiro atoms. The number of carbonyl (C=O) groups excluding carboxylic acids is 1. The molecule has 0 aromatic carbocycles. The Morgan fingerprint density at radius 1 is 1.31 bits per heavy atom. The van der Waals surface area contributed by atoms with Gasteiger partial charge in [0.15, 0.2) is 10.8 Å². The Hall–Kier alpha value is -2.91. The molecule has 0 aliphatic carbocycles. The minimum Gasteiger partial charge on any atom is -0.383 e. The van der Waals surface area contributed by atoms with Crippen molar-refractivity contribution in [1.82, 2.24) is 25.3 Å². The third kappa shape index (κ3) is 3.26. The Morgan fingerprint density at radius 2 is 2.19 bits per heavy atom. The van der Waals surface area contributed by atoms with Crippen LogP contribution in [0.4, 0.5) is 5.82 Å². The highest BCUT2D eigenvalue weighted by Crippen LogP contribution is 2.30. The van der Waals surface area contributed by atoms with Crippen molar-refractivity contribution in [3.63, 3.8) is 0 Å². The molecular weight excluding hydrogens is 368 g/mol. The standard InChI is InChI=1S/C17H14N6OS2/c1-9-8-25-17(21-9)14-22-13(18)11-5-12(26-16(11)23-14)15(24)20-7-10-3-2-4-19-6-10/h2-6,8H,7H2,1H3,(H,20,24)(H2,18,22,23). The van der Waals surface area contributed by atoms with Crippen molar-refractivity contribution in [2.75, 3.05) is 5.73 Å². The topological polar surface area (TPSA) is 107 Å². The van der Waals surface area contributed by atoms with Crippen LogP contribution in [0.15, 0.2) is 36.0 Å². The number of anilines is 1. The summed E-state index contributed by atoms with van der Waals surface area (Å²) in [6, 6.07) is 5.47. The molecule has 4 heterocycles. The summed E-state index contributed by atoms with van der Waals surface area (Å²) in [6.07, 6.45) is 3.41. The first-order valence-corrected chi connectivity index (χ1v) is 9.46. The van der Waals surface area contributed by atoms with Crippen molar-refractivity contribution in [3.05, 3.63) is 52.1 Å². The molecule has 1 amide bonds. The minimum absolute atomic E-state index is 0.178. The molecule has 0 aliphatic rings. The molecule has 4 aromatic rings. The number of hydrogen-bond acceptors (Lipinski definition) is 8. The number of nitrogens with two attached hydrogens (primary N) is 1. The van der Waals surface area contributed by atoms with Crippen LogP contribution in [-0.2, 0) is 6.54 Å². The second kappa shape index (κ2) is 6.77. The number of nitrogen functional groups attached to an aromatic ring is 1. The number of rotatable bonds is 4. The maximum absolute atomic E-state index is 12.4. The van der Waals surface area contributed by atoms with Crippen LogP contribution in [0.5, 0.6) is 0 Å². The van der Waals surface area contributed by atoms with Crippen molar-refractivity contribution in [3.8, 4) is 10.8 Å². The van der Waals surface area contributed by atoms with E-state index in [2.05, 4.69) is 25.3 Å². The van der Waals surface area contributed by atoms with Crippen molar-refractivity contribution in [2.24, 2.45) is 0 Å². The van der Waals surface area contributed by atoms with Gasteiger partial charge in [0.2, 0.25) is 0 Å². The molecule has 0 radical (unpaired) electrons. The van der Waals surface area contributed by atoms with Gasteiger partial charge in [-0.1, -0.05) is 6.07 Å². The number of carbonyl (C=O) groups is 1. The molecule has 0 fully saturated rings. The molecule has 9 heteroatoms. The van der Waals surface area contributed by atoms with E-state index in [1.165, 1.54) is 22.7 Å². The van der Waals surface area contributed by atoms with E-state index in [9.17, 15) is 4.79 Å². The number of fused-ring (bicyclic) bond motifs is 1. The van der Waals surface area contributed by atoms with Gasteiger partial charge in [0, 0.05) is 30.0 Å². The Morgan fingerprint density at radius 3 is 2.92 bits per heavy atom. The number of hydrogen-bond donors (Lipinski definition) is 2. The highest BCUT2D eigenvalue weighted by Gasteiger charge is 2.16. The summed E-state index contributed by atoms with van der Waals surface area (Å²) < 4.78 is 0. The zero-order chi connectivity index (χ0) is 18.1. The van der Waals surface area contributed by atoms with E-state index in [1.807, 2.05) is 24.4 Å². The van der Waals surface area contributed by atoms with Gasteiger partial charge in [0.25, 0.3) is 5.91 Å². The molecule has 7 nitrogen and oxygen atoms in total. The number of pyridine rings is 1. The van der Waals surface area contributed by atoms with Gasteiger partial charge in [-0.3, -0.25) is 9.78 Å². The van der Waals surface area contributed by atoms with Crippen LogP contribution in [0, 0.1) is 6.92 Å². The molecule has 0 saturated carbocycles. The highest BCUT2D eigenvalue weighted by molar-refractivity contribution is 7.20. The Labute approximate surface area is 157 Å². The van der Waals surface area contributed by atoms with E-state index in [0.717, 1.165) is 11.3 Å². The van der Waals surface area contributed by atoms with Crippen LogP contribution in [-0.4, -0.2) is 25.8 Å². The Balaban J connectivity index is 1.60. The highest BCUT2D eigenvalue weighted by atomic mass is 32.1. The van der Waals surface area contributed by atoms with E-state index in [1.54, 1.807) is 18.5 Å². The normalized spacial score (nSPS) is 11.0. The fourth-order valence-electron chi connectivity index (χ4n) is 2.38. The lowest BCUT2D eigenvalue weighted by Crippen LogP contribution is -2.21. The van der Waals surface area contributed by atoms with E-state index >= 15 is 0 Å². The Bertz CT molecular complexity index is 1090. The second-order valence-corrected chi connectivity index (χ2v) is 7.49. The number of aromatic nitrogens is 4. The molecule has 3 N–H and O–H groups in total. The lowest BCUT2D eigenvalue weighted by molar-refractivity contribution is 0.0955. The molecule has 4 aromatic heterocycles. The maximum atomic E-state index is 12.4. The second-order valence-electron chi connectivity index (χ2n) is 5.60. The maximum Gasteiger partial charge on any atom is 0.261 e. The molecule has 4 rings (SSSR count). The van der Waals surface area contributed by atoms with Crippen molar-refractivity contribution in [2.45, 2.75) is 13.5 Å². The summed E-state index contributed by atoms with van der Waals surface area (Å²) in [7, 11) is 0. The van der Waals surface area contributed by atoms with Gasteiger partial charge in [0.05, 0.1) is 10.3 Å². The van der Waals surface area contributed by atoms with E-state index in [-0.39, 0.29) is 5.91 Å². The summed E-state index contributed by atoms with van der Waals surface area (Å²) in [4.78, 5) is 30.9. The zero-order valence-corrected chi connectivity index (χ0v) is 15.4. The summed E-state index contributed by atoms with van der Waals surface area (Å²) >= 11 is 2.75. The third-order valence-corrected chi connectivity index (χ3v) is 5.62. The molecule has 26 heavy (non-hydrogen) atoms. The van der Waals surface area contributed by atoms with Gasteiger partial charge in [-0.2, -0.15) is 0 Å². The van der Waals surface area contributed by atoms with Crippen LogP contribution >= 0.6 is 22.7 Å². The number of nitrogens with one attached hydrogen (secondary N) is 1. The molecule has 0 saturated heterocycles. The van der Waals surface area contributed by atoms with Crippen molar-refractivity contribution < 1.29 is 4.79 Å². The molecule has 0 atom stereocenters. The largest absolute Gasteiger partial charge is 0.383 e. The molecule has 0 aliphatic heterocycles. The number of nitrogens with zero attached hydrogens (tertiary/aromatic N) is 4. The monoisotopic (exact) mass is 382 g/mol. The summed E-state index contributed by atoms with van der Waals surface area (Å²) in [5, 5.41) is 6.21. The van der Waals surface area contributed by atoms with Crippen LogP contribution in [0.1, 0.15) is 20.9 Å². The van der Waals surface area contributed by atoms with E-state index in [0.29, 0.717) is 38.3 Å². The third-order valence-electron chi connectivity index (χ3n) is 3.63. The van der Waals surface area contributed by atoms with Gasteiger partial charge in [-0.15, -0.1) is 22.7 Å². The van der Waals surface area contributed by atoms with Crippen LogP contribution in [0.25, 0.3) is 21.0 Å². The van der Waals surface area contributed by atoms with Crippen molar-refractivity contribution >= 4 is 44.6 Å². The number of thiophene rings is 1. The van der Waals surface area contributed by atoms with Crippen LogP contribution < -0.4 is 11.1 Å². The van der Waals surface area contributed by atoms with Crippen LogP contribution in [0.2, 0.25) is 0 Å². The van der Waals surface area contributed by atoms with Crippen molar-refractivity contribution in [1.29, 1.82) is 0 Å². The summed E-state index contributed by atoms with van der Waals surface area (Å²) in [5.74, 6) is 0.653. The predicted molar refractivity (Wildman–Crippen MR) is 103 cm³/mol. The zero-order valence-electron chi connectivity index (χ0n) is 13.8. The average Bonchev–Trinajstić information content (AvgIpc) is 3.27. The smallest absolute Gasteiger partial charge is 0.261 e. The first-order valence-electron chi connectivity index (χ1n) is 7.77. The summed E-state index contributed by atoms with van der Waals surface area (Å²) in [6.45, 7) is 2.32. The number of thiazole rings is 1. The number of aryl methyl sites for hydroxylation is 1. The van der Waals surface area contributed by atoms with Gasteiger partial charge in [-0.05, 0) is 24.6 Å². The van der Waals surface area contributed by atoms with Gasteiger partial charge >= 0.3 is 0 Å². The Kier molecular flexibility index (Phi) is 4.31. The fourth-order valence-corrected chi connectivity index (χ4v) is 4.06. The molecule has 0 bridgehead atoms. The minimum atomic E-state index is -0.178. The molecular formula is C17H14N6OS2. The molecule has 130 valence electrons. The molecule has 0 unspecified atom stereocenters. The van der Waals surface area contributed by atoms with Gasteiger partial charge < -0.3 is 11.1 Å². The lowest BCUT2D eigenvalue weighted by Gasteiger charge is -2.02. The van der Waals surface area contributed by atoms with Gasteiger partial charge in [-0.25, -0.2) is 15.0 Å². The quantitative estimate of drug-likeness (QED) is 0.562. The van der Waals surface area contributed by atoms with Gasteiger partial charge in [0.1, 0.15) is 10.6 Å². The first kappa shape index (κ1) is 16.6. The fraction of sp³-hybridized carbons (Fsp3) is 0.118. The van der Waals surface area contributed by atoms with Crippen LogP contribution in [0.3, 0.4) is 0 Å². The lowest BCUT2D eigenvalue weighted by atomic mass is 10.3. The first-order chi connectivity index (χ1) is 12.6. The SMILES string of the molecule is Cc1csc(-c2nc(N)c3cc(C(=O)NCc4cccnc4)sc3n2)n1. The van der Waals surface area contributed by atoms with E-state index < -0.39 is 0 Å². The van der Waals surface area contributed by atoms with E-state index in [4.69, 9.17) is 5.73 Å². The summed E-state index contributed by atoms with van der Waals surface area (Å²) in [5.41, 5.74) is 7.92.